The zero-order valence-electron chi connectivity index (χ0n) is 10.6. The van der Waals surface area contributed by atoms with E-state index in [0.717, 1.165) is 38.5 Å². The van der Waals surface area contributed by atoms with E-state index in [1.165, 1.54) is 0 Å². The van der Waals surface area contributed by atoms with E-state index in [-0.39, 0.29) is 0 Å². The average molecular weight is 225 g/mol. The van der Waals surface area contributed by atoms with E-state index in [9.17, 15) is 0 Å². The van der Waals surface area contributed by atoms with Crippen LogP contribution in [-0.4, -0.2) is 29.5 Å². The molecule has 1 N–H and O–H groups in total. The molecule has 0 aliphatic carbocycles. The maximum absolute atomic E-state index is 5.28. The third kappa shape index (κ3) is 5.28. The number of nitrogens with zero attached hydrogens (tertiary/aromatic N) is 2. The third-order valence-corrected chi connectivity index (χ3v) is 2.22. The highest BCUT2D eigenvalue weighted by Gasteiger charge is 1.99. The van der Waals surface area contributed by atoms with Gasteiger partial charge >= 0.3 is 0 Å². The van der Waals surface area contributed by atoms with E-state index in [4.69, 9.17) is 4.74 Å². The van der Waals surface area contributed by atoms with Crippen LogP contribution in [0, 0.1) is 5.92 Å². The van der Waals surface area contributed by atoms with E-state index in [2.05, 4.69) is 30.3 Å². The second kappa shape index (κ2) is 7.41. The highest BCUT2D eigenvalue weighted by Crippen LogP contribution is 1.96. The lowest BCUT2D eigenvalue weighted by atomic mass is 10.2. The van der Waals surface area contributed by atoms with Gasteiger partial charge in [0.25, 0.3) is 0 Å². The zero-order valence-corrected chi connectivity index (χ0v) is 10.6. The number of hydrogen-bond donors (Lipinski definition) is 1. The lowest BCUT2D eigenvalue weighted by Gasteiger charge is -2.05. The Labute approximate surface area is 98.0 Å². The second-order valence-electron chi connectivity index (χ2n) is 4.29. The van der Waals surface area contributed by atoms with Crippen LogP contribution in [0.1, 0.15) is 26.5 Å². The minimum Gasteiger partial charge on any atom is -0.380 e. The standard InChI is InChI=1S/C12H23N3O/c1-4-16-8-7-15-6-5-12(14-15)10-13-9-11(2)3/h5-6,11,13H,4,7-10H2,1-3H3. The highest BCUT2D eigenvalue weighted by molar-refractivity contribution is 4.98. The Balaban J connectivity index is 2.22. The van der Waals surface area contributed by atoms with Gasteiger partial charge in [-0.05, 0) is 25.5 Å². The number of nitrogens with one attached hydrogen (secondary N) is 1. The smallest absolute Gasteiger partial charge is 0.0762 e. The van der Waals surface area contributed by atoms with Crippen LogP contribution in [0.3, 0.4) is 0 Å². The van der Waals surface area contributed by atoms with E-state index in [0.29, 0.717) is 5.92 Å². The average Bonchev–Trinajstić information content (AvgIpc) is 2.66. The minimum atomic E-state index is 0.681. The van der Waals surface area contributed by atoms with Gasteiger partial charge in [-0.1, -0.05) is 13.8 Å². The molecule has 4 heteroatoms. The van der Waals surface area contributed by atoms with Crippen molar-refractivity contribution in [2.75, 3.05) is 19.8 Å². The van der Waals surface area contributed by atoms with Gasteiger partial charge in [-0.25, -0.2) is 0 Å². The SMILES string of the molecule is CCOCCn1ccc(CNCC(C)C)n1. The van der Waals surface area contributed by atoms with Gasteiger partial charge in [0.1, 0.15) is 0 Å². The first-order valence-corrected chi connectivity index (χ1v) is 6.03. The number of rotatable bonds is 8. The maximum Gasteiger partial charge on any atom is 0.0762 e. The number of hydrogen-bond acceptors (Lipinski definition) is 3. The monoisotopic (exact) mass is 225 g/mol. The highest BCUT2D eigenvalue weighted by atomic mass is 16.5. The van der Waals surface area contributed by atoms with Gasteiger partial charge in [-0.3, -0.25) is 4.68 Å². The molecule has 92 valence electrons. The van der Waals surface area contributed by atoms with Crippen LogP contribution in [0.2, 0.25) is 0 Å². The summed E-state index contributed by atoms with van der Waals surface area (Å²) < 4.78 is 7.22. The molecule has 0 saturated carbocycles. The van der Waals surface area contributed by atoms with Crippen LogP contribution in [0.25, 0.3) is 0 Å². The Hall–Kier alpha value is -0.870. The molecule has 0 aliphatic rings. The van der Waals surface area contributed by atoms with Gasteiger partial charge in [0.2, 0.25) is 0 Å². The molecule has 1 rings (SSSR count). The first kappa shape index (κ1) is 13.2. The largest absolute Gasteiger partial charge is 0.380 e. The van der Waals surface area contributed by atoms with Crippen molar-refractivity contribution in [3.63, 3.8) is 0 Å². The molecule has 0 aromatic carbocycles. The summed E-state index contributed by atoms with van der Waals surface area (Å²) in [6.07, 6.45) is 2.01. The molecule has 0 atom stereocenters. The van der Waals surface area contributed by atoms with Crippen molar-refractivity contribution in [1.82, 2.24) is 15.1 Å². The van der Waals surface area contributed by atoms with Gasteiger partial charge in [0.05, 0.1) is 18.8 Å². The van der Waals surface area contributed by atoms with E-state index < -0.39 is 0 Å². The molecule has 1 heterocycles. The van der Waals surface area contributed by atoms with Crippen molar-refractivity contribution in [2.45, 2.75) is 33.9 Å². The van der Waals surface area contributed by atoms with Crippen LogP contribution < -0.4 is 5.32 Å². The molecule has 4 nitrogen and oxygen atoms in total. The Bertz CT molecular complexity index is 284. The number of aromatic nitrogens is 2. The van der Waals surface area contributed by atoms with Crippen molar-refractivity contribution in [3.05, 3.63) is 18.0 Å². The lowest BCUT2D eigenvalue weighted by Crippen LogP contribution is -2.19. The van der Waals surface area contributed by atoms with Gasteiger partial charge in [0.15, 0.2) is 0 Å². The minimum absolute atomic E-state index is 0.681. The quantitative estimate of drug-likeness (QED) is 0.684. The van der Waals surface area contributed by atoms with E-state index in [1.54, 1.807) is 0 Å². The Kier molecular flexibility index (Phi) is 6.11. The molecule has 0 bridgehead atoms. The van der Waals surface area contributed by atoms with E-state index >= 15 is 0 Å². The fourth-order valence-electron chi connectivity index (χ4n) is 1.41. The number of ether oxygens (including phenoxy) is 1. The van der Waals surface area contributed by atoms with Crippen LogP contribution in [0.15, 0.2) is 12.3 Å². The summed E-state index contributed by atoms with van der Waals surface area (Å²) in [5.74, 6) is 0.681. The van der Waals surface area contributed by atoms with Crippen LogP contribution in [-0.2, 0) is 17.8 Å². The van der Waals surface area contributed by atoms with Crippen molar-refractivity contribution < 1.29 is 4.74 Å². The lowest BCUT2D eigenvalue weighted by molar-refractivity contribution is 0.136. The predicted octanol–water partition coefficient (Wildman–Crippen LogP) is 1.67. The molecule has 0 fully saturated rings. The fourth-order valence-corrected chi connectivity index (χ4v) is 1.41. The van der Waals surface area contributed by atoms with Crippen LogP contribution >= 0.6 is 0 Å². The topological polar surface area (TPSA) is 39.1 Å². The van der Waals surface area contributed by atoms with Crippen LogP contribution in [0.4, 0.5) is 0 Å². The first-order chi connectivity index (χ1) is 7.72. The molecule has 16 heavy (non-hydrogen) atoms. The van der Waals surface area contributed by atoms with E-state index in [1.807, 2.05) is 17.8 Å². The molecule has 0 spiro atoms. The summed E-state index contributed by atoms with van der Waals surface area (Å²) in [6.45, 7) is 10.6. The summed E-state index contributed by atoms with van der Waals surface area (Å²) in [5, 5.41) is 7.83. The molecular formula is C12H23N3O. The molecular weight excluding hydrogens is 202 g/mol. The van der Waals surface area contributed by atoms with Gasteiger partial charge in [0, 0.05) is 19.3 Å². The zero-order chi connectivity index (χ0) is 11.8. The summed E-state index contributed by atoms with van der Waals surface area (Å²) in [5.41, 5.74) is 1.09. The van der Waals surface area contributed by atoms with Crippen molar-refractivity contribution >= 4 is 0 Å². The maximum atomic E-state index is 5.28. The Morgan fingerprint density at radius 1 is 1.50 bits per heavy atom. The Morgan fingerprint density at radius 3 is 3.00 bits per heavy atom. The molecule has 0 aliphatic heterocycles. The molecule has 0 amide bonds. The normalized spacial score (nSPS) is 11.2. The summed E-state index contributed by atoms with van der Waals surface area (Å²) >= 11 is 0. The molecule has 0 radical (unpaired) electrons. The second-order valence-corrected chi connectivity index (χ2v) is 4.29. The molecule has 1 aromatic heterocycles. The van der Waals surface area contributed by atoms with Gasteiger partial charge < -0.3 is 10.1 Å². The van der Waals surface area contributed by atoms with Gasteiger partial charge in [-0.15, -0.1) is 0 Å². The summed E-state index contributed by atoms with van der Waals surface area (Å²) in [6, 6.07) is 2.05. The van der Waals surface area contributed by atoms with Gasteiger partial charge in [-0.2, -0.15) is 5.10 Å². The van der Waals surface area contributed by atoms with Crippen LogP contribution in [0.5, 0.6) is 0 Å². The Morgan fingerprint density at radius 2 is 2.31 bits per heavy atom. The third-order valence-electron chi connectivity index (χ3n) is 2.22. The van der Waals surface area contributed by atoms with Crippen molar-refractivity contribution in [1.29, 1.82) is 0 Å². The fraction of sp³-hybridized carbons (Fsp3) is 0.750. The summed E-state index contributed by atoms with van der Waals surface area (Å²) in [4.78, 5) is 0. The molecule has 1 aromatic rings. The molecule has 0 unspecified atom stereocenters. The van der Waals surface area contributed by atoms with Crippen molar-refractivity contribution in [2.24, 2.45) is 5.92 Å². The first-order valence-electron chi connectivity index (χ1n) is 6.03. The van der Waals surface area contributed by atoms with Crippen molar-refractivity contribution in [3.8, 4) is 0 Å². The molecule has 0 saturated heterocycles. The summed E-state index contributed by atoms with van der Waals surface area (Å²) in [7, 11) is 0. The predicted molar refractivity (Wildman–Crippen MR) is 65.3 cm³/mol.